The molecular weight excluding hydrogens is 216 g/mol. The van der Waals surface area contributed by atoms with Gasteiger partial charge in [-0.25, -0.2) is 0 Å². The van der Waals surface area contributed by atoms with Crippen molar-refractivity contribution in [2.45, 2.75) is 26.7 Å². The molecule has 0 saturated heterocycles. The smallest absolute Gasteiger partial charge is 0.234 e. The summed E-state index contributed by atoms with van der Waals surface area (Å²) in [6, 6.07) is 0. The molecule has 1 aromatic heterocycles. The van der Waals surface area contributed by atoms with E-state index in [9.17, 15) is 0 Å². The van der Waals surface area contributed by atoms with Gasteiger partial charge < -0.3 is 15.8 Å². The monoisotopic (exact) mass is 238 g/mol. The van der Waals surface area contributed by atoms with Crippen molar-refractivity contribution in [1.29, 1.82) is 0 Å². The van der Waals surface area contributed by atoms with Crippen LogP contribution < -0.4 is 15.8 Å². The number of aromatic nitrogens is 2. The van der Waals surface area contributed by atoms with E-state index in [4.69, 9.17) is 10.5 Å². The first-order chi connectivity index (χ1) is 8.26. The van der Waals surface area contributed by atoms with Gasteiger partial charge in [0.25, 0.3) is 0 Å². The molecular formula is C12H22N4O. The van der Waals surface area contributed by atoms with Gasteiger partial charge in [-0.15, -0.1) is 0 Å². The van der Waals surface area contributed by atoms with Gasteiger partial charge in [0.15, 0.2) is 0 Å². The Kier molecular flexibility index (Phi) is 6.32. The number of rotatable bonds is 8. The second kappa shape index (κ2) is 7.84. The van der Waals surface area contributed by atoms with Crippen molar-refractivity contribution in [2.75, 3.05) is 25.0 Å². The summed E-state index contributed by atoms with van der Waals surface area (Å²) in [7, 11) is 0. The van der Waals surface area contributed by atoms with Crippen LogP contribution in [0.15, 0.2) is 12.4 Å². The lowest BCUT2D eigenvalue weighted by Gasteiger charge is -2.12. The molecule has 17 heavy (non-hydrogen) atoms. The summed E-state index contributed by atoms with van der Waals surface area (Å²) in [5, 5.41) is 3.24. The van der Waals surface area contributed by atoms with Crippen LogP contribution in [0.3, 0.4) is 0 Å². The Balaban J connectivity index is 2.42. The molecule has 0 aliphatic carbocycles. The Labute approximate surface area is 103 Å². The van der Waals surface area contributed by atoms with Gasteiger partial charge in [0.1, 0.15) is 5.82 Å². The minimum Gasteiger partial charge on any atom is -0.477 e. The quantitative estimate of drug-likeness (QED) is 0.720. The Morgan fingerprint density at radius 3 is 3.00 bits per heavy atom. The van der Waals surface area contributed by atoms with Gasteiger partial charge in [-0.05, 0) is 25.3 Å². The molecule has 0 spiro atoms. The zero-order chi connectivity index (χ0) is 12.5. The maximum Gasteiger partial charge on any atom is 0.234 e. The molecule has 1 heterocycles. The minimum absolute atomic E-state index is 0.530. The second-order valence-electron chi connectivity index (χ2n) is 4.15. The van der Waals surface area contributed by atoms with Crippen LogP contribution in [-0.4, -0.2) is 29.7 Å². The first-order valence-corrected chi connectivity index (χ1v) is 6.15. The fourth-order valence-electron chi connectivity index (χ4n) is 1.37. The number of ether oxygens (including phenoxy) is 1. The van der Waals surface area contributed by atoms with Crippen LogP contribution in [0.5, 0.6) is 5.88 Å². The lowest BCUT2D eigenvalue weighted by atomic mass is 10.1. The molecule has 0 radical (unpaired) electrons. The summed E-state index contributed by atoms with van der Waals surface area (Å²) in [4.78, 5) is 8.40. The first kappa shape index (κ1) is 13.7. The van der Waals surface area contributed by atoms with E-state index in [1.54, 1.807) is 12.4 Å². The van der Waals surface area contributed by atoms with Gasteiger partial charge in [-0.1, -0.05) is 13.8 Å². The predicted octanol–water partition coefficient (Wildman–Crippen LogP) is 1.66. The standard InChI is InChI=1S/C12H22N4O/c1-3-6-17-12-9-14-8-11(16-12)15-7-10(2)4-5-13/h8-10H,3-7,13H2,1-2H3,(H,15,16). The number of hydrogen-bond donors (Lipinski definition) is 2. The highest BCUT2D eigenvalue weighted by molar-refractivity contribution is 5.33. The lowest BCUT2D eigenvalue weighted by molar-refractivity contribution is 0.304. The summed E-state index contributed by atoms with van der Waals surface area (Å²) in [6.45, 7) is 6.45. The number of nitrogens with zero attached hydrogens (tertiary/aromatic N) is 2. The van der Waals surface area contributed by atoms with Crippen molar-refractivity contribution < 1.29 is 4.74 Å². The van der Waals surface area contributed by atoms with Gasteiger partial charge in [0.2, 0.25) is 5.88 Å². The molecule has 0 bridgehead atoms. The van der Waals surface area contributed by atoms with E-state index < -0.39 is 0 Å². The van der Waals surface area contributed by atoms with Gasteiger partial charge >= 0.3 is 0 Å². The predicted molar refractivity (Wildman–Crippen MR) is 69.1 cm³/mol. The lowest BCUT2D eigenvalue weighted by Crippen LogP contribution is -2.16. The van der Waals surface area contributed by atoms with Gasteiger partial charge in [0, 0.05) is 6.54 Å². The highest BCUT2D eigenvalue weighted by Crippen LogP contribution is 2.10. The minimum atomic E-state index is 0.530. The molecule has 5 nitrogen and oxygen atoms in total. The van der Waals surface area contributed by atoms with Crippen molar-refractivity contribution in [3.63, 3.8) is 0 Å². The molecule has 0 aliphatic rings. The van der Waals surface area contributed by atoms with E-state index in [0.717, 1.165) is 25.2 Å². The van der Waals surface area contributed by atoms with Crippen molar-refractivity contribution >= 4 is 5.82 Å². The molecule has 0 aromatic carbocycles. The maximum atomic E-state index is 5.50. The van der Waals surface area contributed by atoms with Gasteiger partial charge in [-0.2, -0.15) is 4.98 Å². The average molecular weight is 238 g/mol. The Bertz CT molecular complexity index is 319. The van der Waals surface area contributed by atoms with Crippen LogP contribution >= 0.6 is 0 Å². The molecule has 1 rings (SSSR count). The average Bonchev–Trinajstić information content (AvgIpc) is 2.35. The fourth-order valence-corrected chi connectivity index (χ4v) is 1.37. The summed E-state index contributed by atoms with van der Waals surface area (Å²) >= 11 is 0. The van der Waals surface area contributed by atoms with Crippen LogP contribution in [0.4, 0.5) is 5.82 Å². The van der Waals surface area contributed by atoms with Crippen molar-refractivity contribution in [1.82, 2.24) is 9.97 Å². The van der Waals surface area contributed by atoms with E-state index in [-0.39, 0.29) is 0 Å². The normalized spacial score (nSPS) is 12.2. The molecule has 5 heteroatoms. The molecule has 0 aliphatic heterocycles. The third kappa shape index (κ3) is 5.49. The molecule has 3 N–H and O–H groups in total. The van der Waals surface area contributed by atoms with Crippen LogP contribution in [0.2, 0.25) is 0 Å². The number of nitrogens with one attached hydrogen (secondary N) is 1. The third-order valence-corrected chi connectivity index (χ3v) is 2.36. The maximum absolute atomic E-state index is 5.50. The first-order valence-electron chi connectivity index (χ1n) is 6.15. The molecule has 96 valence electrons. The Morgan fingerprint density at radius 2 is 2.29 bits per heavy atom. The molecule has 0 saturated carbocycles. The summed E-state index contributed by atoms with van der Waals surface area (Å²) in [5.41, 5.74) is 5.50. The summed E-state index contributed by atoms with van der Waals surface area (Å²) < 4.78 is 5.42. The Hall–Kier alpha value is -1.36. The molecule has 1 atom stereocenters. The van der Waals surface area contributed by atoms with E-state index in [2.05, 4.69) is 29.1 Å². The van der Waals surface area contributed by atoms with E-state index in [0.29, 0.717) is 24.9 Å². The SMILES string of the molecule is CCCOc1cncc(NCC(C)CCN)n1. The Morgan fingerprint density at radius 1 is 1.47 bits per heavy atom. The van der Waals surface area contributed by atoms with E-state index in [1.165, 1.54) is 0 Å². The van der Waals surface area contributed by atoms with Crippen molar-refractivity contribution in [3.05, 3.63) is 12.4 Å². The van der Waals surface area contributed by atoms with E-state index >= 15 is 0 Å². The molecule has 0 amide bonds. The summed E-state index contributed by atoms with van der Waals surface area (Å²) in [5.74, 6) is 1.85. The second-order valence-corrected chi connectivity index (χ2v) is 4.15. The molecule has 1 unspecified atom stereocenters. The number of nitrogens with two attached hydrogens (primary N) is 1. The van der Waals surface area contributed by atoms with Crippen LogP contribution in [0.1, 0.15) is 26.7 Å². The van der Waals surface area contributed by atoms with Crippen LogP contribution in [0.25, 0.3) is 0 Å². The largest absolute Gasteiger partial charge is 0.477 e. The molecule has 0 fully saturated rings. The highest BCUT2D eigenvalue weighted by Gasteiger charge is 2.03. The van der Waals surface area contributed by atoms with Gasteiger partial charge in [-0.3, -0.25) is 4.98 Å². The molecule has 1 aromatic rings. The van der Waals surface area contributed by atoms with Crippen molar-refractivity contribution in [2.24, 2.45) is 11.7 Å². The number of hydrogen-bond acceptors (Lipinski definition) is 5. The van der Waals surface area contributed by atoms with Crippen LogP contribution in [-0.2, 0) is 0 Å². The third-order valence-electron chi connectivity index (χ3n) is 2.36. The van der Waals surface area contributed by atoms with Gasteiger partial charge in [0.05, 0.1) is 19.0 Å². The highest BCUT2D eigenvalue weighted by atomic mass is 16.5. The fraction of sp³-hybridized carbons (Fsp3) is 0.667. The van der Waals surface area contributed by atoms with E-state index in [1.807, 2.05) is 0 Å². The summed E-state index contributed by atoms with van der Waals surface area (Å²) in [6.07, 6.45) is 5.30. The number of anilines is 1. The zero-order valence-electron chi connectivity index (χ0n) is 10.6. The topological polar surface area (TPSA) is 73.1 Å². The van der Waals surface area contributed by atoms with Crippen molar-refractivity contribution in [3.8, 4) is 5.88 Å². The van der Waals surface area contributed by atoms with Crippen LogP contribution in [0, 0.1) is 5.92 Å². The zero-order valence-corrected chi connectivity index (χ0v) is 10.6.